The van der Waals surface area contributed by atoms with E-state index in [0.29, 0.717) is 12.8 Å². The van der Waals surface area contributed by atoms with Crippen molar-refractivity contribution < 1.29 is 19.8 Å². The molecule has 2 rings (SSSR count). The Kier molecular flexibility index (Phi) is 5.55. The van der Waals surface area contributed by atoms with Gasteiger partial charge in [0.05, 0.1) is 27.1 Å². The maximum atomic E-state index is 12.6. The van der Waals surface area contributed by atoms with Gasteiger partial charge in [-0.25, -0.2) is 0 Å². The highest BCUT2D eigenvalue weighted by Gasteiger charge is 2.48. The molecular formula is C16H19Cl2NO4. The van der Waals surface area contributed by atoms with Crippen LogP contribution >= 0.6 is 23.2 Å². The minimum absolute atomic E-state index is 0.0338. The molecular weight excluding hydrogens is 341 g/mol. The SMILES string of the molecule is CCC[C@]1(C(=O)O)CCN(C(=O)c2cccc(Cl)c2Cl)CC1O. The van der Waals surface area contributed by atoms with E-state index in [9.17, 15) is 19.8 Å². The molecule has 1 amide bonds. The number of likely N-dealkylation sites (tertiary alicyclic amines) is 1. The van der Waals surface area contributed by atoms with Gasteiger partial charge in [0.25, 0.3) is 5.91 Å². The Morgan fingerprint density at radius 3 is 2.65 bits per heavy atom. The first-order valence-electron chi connectivity index (χ1n) is 7.48. The molecule has 0 bridgehead atoms. The molecule has 1 aromatic carbocycles. The molecule has 1 aliphatic rings. The van der Waals surface area contributed by atoms with Gasteiger partial charge in [-0.1, -0.05) is 42.6 Å². The zero-order chi connectivity index (χ0) is 17.2. The van der Waals surface area contributed by atoms with Crippen LogP contribution in [0.3, 0.4) is 0 Å². The average molecular weight is 360 g/mol. The lowest BCUT2D eigenvalue weighted by Crippen LogP contribution is -2.56. The molecule has 0 spiro atoms. The first kappa shape index (κ1) is 18.0. The first-order chi connectivity index (χ1) is 10.8. The molecule has 0 aromatic heterocycles. The van der Waals surface area contributed by atoms with E-state index in [4.69, 9.17) is 23.2 Å². The largest absolute Gasteiger partial charge is 0.481 e. The minimum atomic E-state index is -1.19. The van der Waals surface area contributed by atoms with Crippen LogP contribution in [0.15, 0.2) is 18.2 Å². The molecule has 0 saturated carbocycles. The number of aliphatic hydroxyl groups is 1. The number of aliphatic carboxylic acids is 1. The highest BCUT2D eigenvalue weighted by Crippen LogP contribution is 2.37. The number of hydrogen-bond acceptors (Lipinski definition) is 3. The summed E-state index contributed by atoms with van der Waals surface area (Å²) in [5.41, 5.74) is -0.936. The lowest BCUT2D eigenvalue weighted by molar-refractivity contribution is -0.162. The van der Waals surface area contributed by atoms with Crippen LogP contribution in [0.2, 0.25) is 10.0 Å². The number of aliphatic hydroxyl groups excluding tert-OH is 1. The number of hydrogen-bond donors (Lipinski definition) is 2. The van der Waals surface area contributed by atoms with E-state index >= 15 is 0 Å². The predicted molar refractivity (Wildman–Crippen MR) is 88.0 cm³/mol. The lowest BCUT2D eigenvalue weighted by atomic mass is 9.72. The molecule has 2 N–H and O–H groups in total. The fourth-order valence-electron chi connectivity index (χ4n) is 3.09. The summed E-state index contributed by atoms with van der Waals surface area (Å²) < 4.78 is 0. The van der Waals surface area contributed by atoms with E-state index in [1.807, 2.05) is 6.92 Å². The van der Waals surface area contributed by atoms with Crippen LogP contribution in [0.5, 0.6) is 0 Å². The number of halogens is 2. The number of carboxylic acid groups (broad SMARTS) is 1. The zero-order valence-electron chi connectivity index (χ0n) is 12.8. The van der Waals surface area contributed by atoms with Crippen molar-refractivity contribution in [3.63, 3.8) is 0 Å². The van der Waals surface area contributed by atoms with Gasteiger partial charge in [-0.15, -0.1) is 0 Å². The van der Waals surface area contributed by atoms with Crippen molar-refractivity contribution in [2.75, 3.05) is 13.1 Å². The fourth-order valence-corrected chi connectivity index (χ4v) is 3.48. The average Bonchev–Trinajstić information content (AvgIpc) is 2.51. The van der Waals surface area contributed by atoms with Gasteiger partial charge in [0.1, 0.15) is 0 Å². The van der Waals surface area contributed by atoms with Gasteiger partial charge in [-0.2, -0.15) is 0 Å². The summed E-state index contributed by atoms with van der Waals surface area (Å²) in [6.07, 6.45) is 0.123. The summed E-state index contributed by atoms with van der Waals surface area (Å²) >= 11 is 12.0. The van der Waals surface area contributed by atoms with E-state index in [2.05, 4.69) is 0 Å². The maximum absolute atomic E-state index is 12.6. The molecule has 2 atom stereocenters. The van der Waals surface area contributed by atoms with Crippen molar-refractivity contribution in [1.82, 2.24) is 4.90 Å². The molecule has 1 unspecified atom stereocenters. The van der Waals surface area contributed by atoms with Crippen LogP contribution in [0, 0.1) is 5.41 Å². The van der Waals surface area contributed by atoms with Gasteiger partial charge in [-0.3, -0.25) is 9.59 Å². The molecule has 1 aromatic rings. The number of carboxylic acids is 1. The number of carbonyl (C=O) groups is 2. The predicted octanol–water partition coefficient (Wildman–Crippen LogP) is 3.07. The molecule has 0 radical (unpaired) electrons. The smallest absolute Gasteiger partial charge is 0.312 e. The Balaban J connectivity index is 2.21. The van der Waals surface area contributed by atoms with Crippen LogP contribution in [-0.2, 0) is 4.79 Å². The Morgan fingerprint density at radius 1 is 1.39 bits per heavy atom. The van der Waals surface area contributed by atoms with Crippen LogP contribution in [-0.4, -0.2) is 46.2 Å². The van der Waals surface area contributed by atoms with Crippen LogP contribution in [0.25, 0.3) is 0 Å². The van der Waals surface area contributed by atoms with E-state index in [0.717, 1.165) is 0 Å². The van der Waals surface area contributed by atoms with Crippen LogP contribution in [0.1, 0.15) is 36.5 Å². The summed E-state index contributed by atoms with van der Waals surface area (Å²) in [5, 5.41) is 20.3. The van der Waals surface area contributed by atoms with Gasteiger partial charge in [-0.05, 0) is 25.0 Å². The second kappa shape index (κ2) is 7.07. The second-order valence-electron chi connectivity index (χ2n) is 5.83. The Bertz CT molecular complexity index is 622. The van der Waals surface area contributed by atoms with Crippen molar-refractivity contribution in [3.8, 4) is 0 Å². The Morgan fingerprint density at radius 2 is 2.09 bits per heavy atom. The Hall–Kier alpha value is -1.30. The van der Waals surface area contributed by atoms with Crippen molar-refractivity contribution in [3.05, 3.63) is 33.8 Å². The van der Waals surface area contributed by atoms with Gasteiger partial charge < -0.3 is 15.1 Å². The second-order valence-corrected chi connectivity index (χ2v) is 6.61. The van der Waals surface area contributed by atoms with Crippen molar-refractivity contribution in [2.45, 2.75) is 32.3 Å². The third-order valence-corrected chi connectivity index (χ3v) is 5.27. The van der Waals surface area contributed by atoms with E-state index < -0.39 is 17.5 Å². The highest BCUT2D eigenvalue weighted by atomic mass is 35.5. The molecule has 7 heteroatoms. The number of benzene rings is 1. The third-order valence-electron chi connectivity index (χ3n) is 4.45. The number of nitrogens with zero attached hydrogens (tertiary/aromatic N) is 1. The van der Waals surface area contributed by atoms with E-state index in [1.165, 1.54) is 4.90 Å². The standard InChI is InChI=1S/C16H19Cl2NO4/c1-2-6-16(15(22)23)7-8-19(9-12(16)20)14(21)10-4-3-5-11(17)13(10)18/h3-5,12,20H,2,6-9H2,1H3,(H,22,23)/t12?,16-/m0/s1. The number of rotatable bonds is 4. The fraction of sp³-hybridized carbons (Fsp3) is 0.500. The molecule has 23 heavy (non-hydrogen) atoms. The van der Waals surface area contributed by atoms with Crippen LogP contribution < -0.4 is 0 Å². The van der Waals surface area contributed by atoms with Crippen molar-refractivity contribution >= 4 is 35.1 Å². The summed E-state index contributed by atoms with van der Waals surface area (Å²) in [6.45, 7) is 2.10. The number of carbonyl (C=O) groups excluding carboxylic acids is 1. The molecule has 1 aliphatic heterocycles. The summed E-state index contributed by atoms with van der Waals surface area (Å²) in [6, 6.07) is 4.77. The van der Waals surface area contributed by atoms with Gasteiger partial charge in [0.2, 0.25) is 0 Å². The first-order valence-corrected chi connectivity index (χ1v) is 8.24. The van der Waals surface area contributed by atoms with Gasteiger partial charge >= 0.3 is 5.97 Å². The number of β-amino-alcohol motifs (C(OH)–C–C–N with tert-alkyl or cyclic N) is 1. The molecule has 5 nitrogen and oxygen atoms in total. The molecule has 126 valence electrons. The molecule has 1 fully saturated rings. The van der Waals surface area contributed by atoms with Gasteiger partial charge in [0, 0.05) is 13.1 Å². The molecule has 1 heterocycles. The monoisotopic (exact) mass is 359 g/mol. The number of piperidine rings is 1. The zero-order valence-corrected chi connectivity index (χ0v) is 14.3. The topological polar surface area (TPSA) is 77.8 Å². The molecule has 1 saturated heterocycles. The summed E-state index contributed by atoms with van der Waals surface area (Å²) in [5.74, 6) is -1.37. The lowest BCUT2D eigenvalue weighted by Gasteiger charge is -2.42. The third kappa shape index (κ3) is 3.32. The van der Waals surface area contributed by atoms with Crippen molar-refractivity contribution in [2.24, 2.45) is 5.41 Å². The van der Waals surface area contributed by atoms with Crippen LogP contribution in [0.4, 0.5) is 0 Å². The summed E-state index contributed by atoms with van der Waals surface area (Å²) in [7, 11) is 0. The number of amides is 1. The highest BCUT2D eigenvalue weighted by molar-refractivity contribution is 6.43. The van der Waals surface area contributed by atoms with E-state index in [1.54, 1.807) is 18.2 Å². The molecule has 0 aliphatic carbocycles. The quantitative estimate of drug-likeness (QED) is 0.865. The summed E-state index contributed by atoms with van der Waals surface area (Å²) in [4.78, 5) is 25.6. The normalized spacial score (nSPS) is 24.5. The Labute approximate surface area is 144 Å². The van der Waals surface area contributed by atoms with Crippen molar-refractivity contribution in [1.29, 1.82) is 0 Å². The van der Waals surface area contributed by atoms with Gasteiger partial charge in [0.15, 0.2) is 0 Å². The van der Waals surface area contributed by atoms with E-state index in [-0.39, 0.29) is 41.0 Å². The minimum Gasteiger partial charge on any atom is -0.481 e. The maximum Gasteiger partial charge on any atom is 0.312 e.